The molecule has 60 heavy (non-hydrogen) atoms. The fourth-order valence-corrected chi connectivity index (χ4v) is 8.38. The fourth-order valence-electron chi connectivity index (χ4n) is 5.33. The molecule has 22 nitrogen and oxygen atoms in total. The van der Waals surface area contributed by atoms with Crippen LogP contribution in [0, 0.1) is 11.3 Å². The molecule has 2 amide bonds. The van der Waals surface area contributed by atoms with Crippen LogP contribution in [0.2, 0.25) is 10.0 Å². The van der Waals surface area contributed by atoms with Crippen molar-refractivity contribution in [3.8, 4) is 11.8 Å². The van der Waals surface area contributed by atoms with E-state index in [9.17, 15) is 66.7 Å². The Kier molecular flexibility index (Phi) is 15.1. The Bertz CT molecular complexity index is 2790. The molecule has 0 aliphatic carbocycles. The molecule has 0 saturated heterocycles. The second-order valence-electron chi connectivity index (χ2n) is 12.5. The number of hydrogen-bond donors (Lipinski definition) is 6. The number of carbonyl (C=O) groups excluding carboxylic acids is 2. The van der Waals surface area contributed by atoms with Gasteiger partial charge in [0, 0.05) is 37.8 Å². The van der Waals surface area contributed by atoms with E-state index >= 15 is 0 Å². The molecule has 28 heteroatoms. The standard InChI is InChI=1S/C32H32Cl2N8O14S4/c1-19(43)37-29-13-22(6-7-28(29)39-40-32-20(17-35)18-36-42(32)31-26(33)15-25(16-27(31)34)60(54,55)56)41(8-2-3-10-57(45,46)47)9-4-5-30(44)38-21-11-23(58(48,49)50)14-24(12-21)59(51,52)53/h6-7,11-16,18H,2-5,8-10H2,1H3,(H,37,43)(H,38,44)(H,45,46,47)(H,48,49,50)(H,51,52,53)(H,54,55,56). The predicted molar refractivity (Wildman–Crippen MR) is 215 cm³/mol. The van der Waals surface area contributed by atoms with E-state index in [1.807, 2.05) is 6.07 Å². The van der Waals surface area contributed by atoms with E-state index in [0.29, 0.717) is 11.8 Å². The number of anilines is 3. The van der Waals surface area contributed by atoms with Crippen molar-refractivity contribution in [3.63, 3.8) is 0 Å². The van der Waals surface area contributed by atoms with E-state index in [4.69, 9.17) is 23.2 Å². The van der Waals surface area contributed by atoms with Crippen LogP contribution in [0.5, 0.6) is 0 Å². The second kappa shape index (κ2) is 19.1. The summed E-state index contributed by atoms with van der Waals surface area (Å²) in [7, 11) is -18.9. The summed E-state index contributed by atoms with van der Waals surface area (Å²) in [6.07, 6.45) is 1.15. The molecule has 0 fully saturated rings. The number of amides is 2. The van der Waals surface area contributed by atoms with Gasteiger partial charge in [-0.1, -0.05) is 23.2 Å². The average molecular weight is 952 g/mol. The molecule has 3 aromatic carbocycles. The van der Waals surface area contributed by atoms with Gasteiger partial charge in [-0.2, -0.15) is 44.0 Å². The van der Waals surface area contributed by atoms with E-state index in [2.05, 4.69) is 26.0 Å². The number of nitrogens with zero attached hydrogens (tertiary/aromatic N) is 6. The lowest BCUT2D eigenvalue weighted by atomic mass is 10.2. The Morgan fingerprint density at radius 1 is 0.800 bits per heavy atom. The molecule has 0 saturated carbocycles. The summed E-state index contributed by atoms with van der Waals surface area (Å²) in [5, 5.41) is 26.5. The third-order valence-corrected chi connectivity index (χ3v) is 11.8. The van der Waals surface area contributed by atoms with Crippen LogP contribution in [0.1, 0.15) is 38.2 Å². The number of unbranched alkanes of at least 4 members (excludes halogenated alkanes) is 1. The van der Waals surface area contributed by atoms with Gasteiger partial charge in [-0.3, -0.25) is 27.8 Å². The van der Waals surface area contributed by atoms with Crippen molar-refractivity contribution in [2.45, 2.75) is 47.3 Å². The normalized spacial score (nSPS) is 12.3. The summed E-state index contributed by atoms with van der Waals surface area (Å²) in [4.78, 5) is 24.4. The highest BCUT2D eigenvalue weighted by Gasteiger charge is 2.23. The predicted octanol–water partition coefficient (Wildman–Crippen LogP) is 5.06. The summed E-state index contributed by atoms with van der Waals surface area (Å²) in [5.74, 6) is -2.06. The number of rotatable bonds is 18. The third kappa shape index (κ3) is 13.2. The Morgan fingerprint density at radius 3 is 1.90 bits per heavy atom. The molecular weight excluding hydrogens is 920 g/mol. The van der Waals surface area contributed by atoms with Crippen molar-refractivity contribution in [3.05, 3.63) is 70.3 Å². The van der Waals surface area contributed by atoms with Crippen LogP contribution < -0.4 is 15.5 Å². The molecule has 4 aromatic rings. The zero-order chi connectivity index (χ0) is 44.8. The van der Waals surface area contributed by atoms with Gasteiger partial charge in [0.25, 0.3) is 40.5 Å². The van der Waals surface area contributed by atoms with Gasteiger partial charge in [0.2, 0.25) is 11.8 Å². The van der Waals surface area contributed by atoms with Gasteiger partial charge in [0.1, 0.15) is 23.0 Å². The maximum absolute atomic E-state index is 12.9. The number of aromatic nitrogens is 2. The number of nitriles is 1. The molecule has 0 aliphatic heterocycles. The molecule has 6 N–H and O–H groups in total. The first-order valence-electron chi connectivity index (χ1n) is 16.7. The SMILES string of the molecule is CC(=O)Nc1cc(N(CCCCS(=O)(=O)O)CCCC(=O)Nc2cc(S(=O)(=O)O)cc(S(=O)(=O)O)c2)ccc1N=Nc1c(C#N)cnn1-c1c(Cl)cc(S(=O)(=O)O)cc1Cl. The first-order valence-corrected chi connectivity index (χ1v) is 23.3. The van der Waals surface area contributed by atoms with E-state index in [1.165, 1.54) is 25.1 Å². The molecule has 322 valence electrons. The minimum atomic E-state index is -4.95. The largest absolute Gasteiger partial charge is 0.371 e. The molecule has 0 bridgehead atoms. The zero-order valence-corrected chi connectivity index (χ0v) is 35.4. The number of benzene rings is 3. The van der Waals surface area contributed by atoms with Crippen LogP contribution in [-0.4, -0.2) is 92.3 Å². The van der Waals surface area contributed by atoms with Crippen LogP contribution in [0.4, 0.5) is 28.6 Å². The lowest BCUT2D eigenvalue weighted by molar-refractivity contribution is -0.116. The van der Waals surface area contributed by atoms with Crippen molar-refractivity contribution in [1.82, 2.24) is 9.78 Å². The Morgan fingerprint density at radius 2 is 1.37 bits per heavy atom. The van der Waals surface area contributed by atoms with Crippen molar-refractivity contribution in [1.29, 1.82) is 5.26 Å². The highest BCUT2D eigenvalue weighted by molar-refractivity contribution is 7.87. The van der Waals surface area contributed by atoms with Gasteiger partial charge in [0.15, 0.2) is 5.82 Å². The van der Waals surface area contributed by atoms with Crippen LogP contribution in [-0.2, 0) is 50.1 Å². The average Bonchev–Trinajstić information content (AvgIpc) is 3.52. The molecule has 1 heterocycles. The first-order chi connectivity index (χ1) is 27.8. The second-order valence-corrected chi connectivity index (χ2v) is 19.1. The minimum absolute atomic E-state index is 0.0301. The van der Waals surface area contributed by atoms with Crippen LogP contribution in [0.3, 0.4) is 0 Å². The van der Waals surface area contributed by atoms with Crippen LogP contribution >= 0.6 is 23.2 Å². The summed E-state index contributed by atoms with van der Waals surface area (Å²) >= 11 is 12.6. The van der Waals surface area contributed by atoms with E-state index in [1.54, 1.807) is 4.90 Å². The highest BCUT2D eigenvalue weighted by Crippen LogP contribution is 2.37. The number of nitrogens with one attached hydrogen (secondary N) is 2. The maximum atomic E-state index is 12.9. The molecule has 0 unspecified atom stereocenters. The van der Waals surface area contributed by atoms with Gasteiger partial charge in [-0.05, 0) is 67.8 Å². The summed E-state index contributed by atoms with van der Waals surface area (Å²) in [5.41, 5.74) is -0.106. The van der Waals surface area contributed by atoms with Crippen molar-refractivity contribution in [2.24, 2.45) is 10.2 Å². The lowest BCUT2D eigenvalue weighted by Crippen LogP contribution is -2.27. The Labute approximate surface area is 352 Å². The van der Waals surface area contributed by atoms with E-state index in [0.717, 1.165) is 35.1 Å². The lowest BCUT2D eigenvalue weighted by Gasteiger charge is -2.26. The van der Waals surface area contributed by atoms with Gasteiger partial charge in [-0.15, -0.1) is 10.2 Å². The molecule has 1 aromatic heterocycles. The van der Waals surface area contributed by atoms with Crippen LogP contribution in [0.25, 0.3) is 5.69 Å². The summed E-state index contributed by atoms with van der Waals surface area (Å²) in [6.45, 7) is 1.44. The summed E-state index contributed by atoms with van der Waals surface area (Å²) in [6, 6.07) is 10.1. The minimum Gasteiger partial charge on any atom is -0.371 e. The van der Waals surface area contributed by atoms with Gasteiger partial charge >= 0.3 is 0 Å². The molecular formula is C32H32Cl2N8O14S4. The molecule has 4 rings (SSSR count). The topological polar surface area (TPSA) is 345 Å². The zero-order valence-electron chi connectivity index (χ0n) is 30.6. The monoisotopic (exact) mass is 950 g/mol. The van der Waals surface area contributed by atoms with Gasteiger partial charge in [0.05, 0.1) is 42.4 Å². The number of halogens is 2. The molecule has 0 atom stereocenters. The maximum Gasteiger partial charge on any atom is 0.294 e. The molecule has 0 radical (unpaired) electrons. The molecule has 0 aliphatic rings. The van der Waals surface area contributed by atoms with Crippen molar-refractivity contribution in [2.75, 3.05) is 34.4 Å². The van der Waals surface area contributed by atoms with Gasteiger partial charge < -0.3 is 15.5 Å². The number of hydrogen-bond acceptors (Lipinski definition) is 15. The summed E-state index contributed by atoms with van der Waals surface area (Å²) < 4.78 is 131. The number of carbonyl (C=O) groups is 2. The highest BCUT2D eigenvalue weighted by atomic mass is 35.5. The van der Waals surface area contributed by atoms with Crippen LogP contribution in [0.15, 0.2) is 79.6 Å². The van der Waals surface area contributed by atoms with Crippen molar-refractivity contribution < 1.29 is 61.5 Å². The van der Waals surface area contributed by atoms with Crippen molar-refractivity contribution >= 4 is 104 Å². The third-order valence-electron chi connectivity index (χ3n) is 7.94. The van der Waals surface area contributed by atoms with E-state index in [-0.39, 0.29) is 82.9 Å². The Balaban J connectivity index is 1.64. The fraction of sp³-hybridized carbons (Fsp3) is 0.250. The Hall–Kier alpha value is -5.08. The molecule has 0 spiro atoms. The quantitative estimate of drug-likeness (QED) is 0.0431. The first kappa shape index (κ1) is 47.6. The smallest absolute Gasteiger partial charge is 0.294 e. The number of azo groups is 1. The van der Waals surface area contributed by atoms with E-state index < -0.39 is 72.7 Å². The van der Waals surface area contributed by atoms with Gasteiger partial charge in [-0.25, -0.2) is 4.68 Å².